The highest BCUT2D eigenvalue weighted by molar-refractivity contribution is 7.97. The van der Waals surface area contributed by atoms with Gasteiger partial charge in [0.05, 0.1) is 24.7 Å². The number of hydrogen-bond donors (Lipinski definition) is 1. The van der Waals surface area contributed by atoms with E-state index in [-0.39, 0.29) is 0 Å². The molecule has 0 bridgehead atoms. The zero-order chi connectivity index (χ0) is 12.1. The predicted octanol–water partition coefficient (Wildman–Crippen LogP) is 2.23. The van der Waals surface area contributed by atoms with Crippen molar-refractivity contribution in [1.29, 1.82) is 0 Å². The Balaban J connectivity index is 2.28. The molecule has 1 aromatic heterocycles. The number of nitrogens with zero attached hydrogens (tertiary/aromatic N) is 2. The van der Waals surface area contributed by atoms with Crippen LogP contribution >= 0.6 is 11.8 Å². The second kappa shape index (κ2) is 6.21. The molecule has 0 aliphatic carbocycles. The van der Waals surface area contributed by atoms with Crippen molar-refractivity contribution in [2.45, 2.75) is 32.1 Å². The second-order valence-electron chi connectivity index (χ2n) is 4.08. The average molecular weight is 253 g/mol. The second-order valence-corrected chi connectivity index (χ2v) is 4.94. The molecule has 1 N–H and O–H groups in total. The number of anilines is 1. The maximum Gasteiger partial charge on any atom is 0.140 e. The Labute approximate surface area is 107 Å². The van der Waals surface area contributed by atoms with Crippen LogP contribution in [-0.2, 0) is 23.5 Å². The van der Waals surface area contributed by atoms with Gasteiger partial charge in [0.25, 0.3) is 0 Å². The molecule has 1 aliphatic heterocycles. The van der Waals surface area contributed by atoms with Gasteiger partial charge in [0.1, 0.15) is 11.6 Å². The SMILES string of the molecule is CCCNc1nc(CSC)nc2c1COCC2. The first-order chi connectivity index (χ1) is 8.35. The largest absolute Gasteiger partial charge is 0.376 e. The van der Waals surface area contributed by atoms with E-state index in [0.717, 1.165) is 54.6 Å². The molecule has 94 valence electrons. The van der Waals surface area contributed by atoms with E-state index >= 15 is 0 Å². The molecule has 0 fully saturated rings. The Hall–Kier alpha value is -0.810. The number of thioether (sulfide) groups is 1. The molecule has 1 aliphatic rings. The van der Waals surface area contributed by atoms with Gasteiger partial charge in [0, 0.05) is 18.5 Å². The van der Waals surface area contributed by atoms with Crippen molar-refractivity contribution in [2.24, 2.45) is 0 Å². The molecular formula is C12H19N3OS. The molecule has 5 heteroatoms. The third-order valence-electron chi connectivity index (χ3n) is 2.68. The molecule has 0 atom stereocenters. The van der Waals surface area contributed by atoms with E-state index in [2.05, 4.69) is 28.5 Å². The molecular weight excluding hydrogens is 234 g/mol. The molecule has 0 unspecified atom stereocenters. The minimum absolute atomic E-state index is 0.640. The molecule has 2 heterocycles. The van der Waals surface area contributed by atoms with E-state index in [1.807, 2.05) is 0 Å². The minimum Gasteiger partial charge on any atom is -0.376 e. The van der Waals surface area contributed by atoms with Crippen molar-refractivity contribution in [2.75, 3.05) is 24.7 Å². The van der Waals surface area contributed by atoms with Crippen molar-refractivity contribution in [3.05, 3.63) is 17.1 Å². The van der Waals surface area contributed by atoms with Crippen LogP contribution in [-0.4, -0.2) is 29.4 Å². The number of hydrogen-bond acceptors (Lipinski definition) is 5. The Kier molecular flexibility index (Phi) is 4.62. The van der Waals surface area contributed by atoms with Crippen LogP contribution in [0.5, 0.6) is 0 Å². The van der Waals surface area contributed by atoms with Crippen LogP contribution in [0.2, 0.25) is 0 Å². The summed E-state index contributed by atoms with van der Waals surface area (Å²) < 4.78 is 5.49. The highest BCUT2D eigenvalue weighted by Crippen LogP contribution is 2.23. The van der Waals surface area contributed by atoms with Crippen molar-refractivity contribution in [3.8, 4) is 0 Å². The van der Waals surface area contributed by atoms with Crippen LogP contribution in [0, 0.1) is 0 Å². The third kappa shape index (κ3) is 3.10. The summed E-state index contributed by atoms with van der Waals surface area (Å²) in [5, 5.41) is 3.38. The van der Waals surface area contributed by atoms with Gasteiger partial charge in [-0.15, -0.1) is 0 Å². The minimum atomic E-state index is 0.640. The monoisotopic (exact) mass is 253 g/mol. The van der Waals surface area contributed by atoms with E-state index in [1.165, 1.54) is 0 Å². The highest BCUT2D eigenvalue weighted by Gasteiger charge is 2.17. The summed E-state index contributed by atoms with van der Waals surface area (Å²) in [5.74, 6) is 2.77. The molecule has 0 aromatic carbocycles. The Morgan fingerprint density at radius 1 is 1.41 bits per heavy atom. The number of nitrogens with one attached hydrogen (secondary N) is 1. The van der Waals surface area contributed by atoms with E-state index in [1.54, 1.807) is 11.8 Å². The van der Waals surface area contributed by atoms with E-state index in [0.29, 0.717) is 6.61 Å². The third-order valence-corrected chi connectivity index (χ3v) is 3.23. The lowest BCUT2D eigenvalue weighted by Crippen LogP contribution is -2.18. The van der Waals surface area contributed by atoms with Gasteiger partial charge < -0.3 is 10.1 Å². The molecule has 2 rings (SSSR count). The van der Waals surface area contributed by atoms with Gasteiger partial charge in [0.15, 0.2) is 0 Å². The van der Waals surface area contributed by atoms with Crippen molar-refractivity contribution in [1.82, 2.24) is 9.97 Å². The number of rotatable bonds is 5. The van der Waals surface area contributed by atoms with Gasteiger partial charge in [-0.2, -0.15) is 11.8 Å². The van der Waals surface area contributed by atoms with E-state index < -0.39 is 0 Å². The summed E-state index contributed by atoms with van der Waals surface area (Å²) >= 11 is 1.75. The summed E-state index contributed by atoms with van der Waals surface area (Å²) in [7, 11) is 0. The molecule has 0 saturated carbocycles. The van der Waals surface area contributed by atoms with Crippen molar-refractivity contribution in [3.63, 3.8) is 0 Å². The first-order valence-electron chi connectivity index (χ1n) is 6.04. The quantitative estimate of drug-likeness (QED) is 0.872. The lowest BCUT2D eigenvalue weighted by molar-refractivity contribution is 0.109. The number of ether oxygens (including phenoxy) is 1. The summed E-state index contributed by atoms with van der Waals surface area (Å²) in [6.45, 7) is 4.51. The van der Waals surface area contributed by atoms with E-state index in [9.17, 15) is 0 Å². The topological polar surface area (TPSA) is 47.0 Å². The zero-order valence-corrected chi connectivity index (χ0v) is 11.3. The van der Waals surface area contributed by atoms with Gasteiger partial charge in [-0.25, -0.2) is 9.97 Å². The molecule has 4 nitrogen and oxygen atoms in total. The van der Waals surface area contributed by atoms with Crippen molar-refractivity contribution >= 4 is 17.6 Å². The lowest BCUT2D eigenvalue weighted by atomic mass is 10.1. The summed E-state index contributed by atoms with van der Waals surface area (Å²) in [5.41, 5.74) is 2.31. The van der Waals surface area contributed by atoms with Crippen LogP contribution < -0.4 is 5.32 Å². The summed E-state index contributed by atoms with van der Waals surface area (Å²) in [6, 6.07) is 0. The summed E-state index contributed by atoms with van der Waals surface area (Å²) in [6.07, 6.45) is 4.07. The van der Waals surface area contributed by atoms with Gasteiger partial charge in [-0.1, -0.05) is 6.92 Å². The lowest BCUT2D eigenvalue weighted by Gasteiger charge is -2.20. The molecule has 0 amide bonds. The van der Waals surface area contributed by atoms with Crippen LogP contribution in [0.3, 0.4) is 0 Å². The fourth-order valence-corrected chi connectivity index (χ4v) is 2.25. The smallest absolute Gasteiger partial charge is 0.140 e. The Morgan fingerprint density at radius 2 is 2.29 bits per heavy atom. The van der Waals surface area contributed by atoms with Gasteiger partial charge in [-0.05, 0) is 12.7 Å². The molecule has 1 aromatic rings. The fraction of sp³-hybridized carbons (Fsp3) is 0.667. The standard InChI is InChI=1S/C12H19N3OS/c1-3-5-13-12-9-7-16-6-4-10(9)14-11(15-12)8-17-2/h3-8H2,1-2H3,(H,13,14,15). The van der Waals surface area contributed by atoms with Gasteiger partial charge in [0.2, 0.25) is 0 Å². The average Bonchev–Trinajstić information content (AvgIpc) is 2.36. The maximum absolute atomic E-state index is 5.49. The Morgan fingerprint density at radius 3 is 3.06 bits per heavy atom. The fourth-order valence-electron chi connectivity index (χ4n) is 1.87. The normalized spacial score (nSPS) is 14.5. The van der Waals surface area contributed by atoms with E-state index in [4.69, 9.17) is 4.74 Å². The predicted molar refractivity (Wildman–Crippen MR) is 71.4 cm³/mol. The highest BCUT2D eigenvalue weighted by atomic mass is 32.2. The Bertz CT molecular complexity index is 384. The maximum atomic E-state index is 5.49. The van der Waals surface area contributed by atoms with Gasteiger partial charge in [-0.3, -0.25) is 0 Å². The number of fused-ring (bicyclic) bond motifs is 1. The summed E-state index contributed by atoms with van der Waals surface area (Å²) in [4.78, 5) is 9.21. The number of aromatic nitrogens is 2. The zero-order valence-electron chi connectivity index (χ0n) is 10.5. The molecule has 0 radical (unpaired) electrons. The first kappa shape index (κ1) is 12.6. The van der Waals surface area contributed by atoms with Gasteiger partial charge >= 0.3 is 0 Å². The first-order valence-corrected chi connectivity index (χ1v) is 7.43. The van der Waals surface area contributed by atoms with Crippen LogP contribution in [0.25, 0.3) is 0 Å². The van der Waals surface area contributed by atoms with Crippen LogP contribution in [0.15, 0.2) is 0 Å². The van der Waals surface area contributed by atoms with Crippen LogP contribution in [0.4, 0.5) is 5.82 Å². The molecule has 17 heavy (non-hydrogen) atoms. The van der Waals surface area contributed by atoms with Crippen LogP contribution in [0.1, 0.15) is 30.4 Å². The molecule has 0 saturated heterocycles. The molecule has 0 spiro atoms. The van der Waals surface area contributed by atoms with Crippen molar-refractivity contribution < 1.29 is 4.74 Å².